The maximum Gasteiger partial charge on any atom is 0.387 e. The lowest BCUT2D eigenvalue weighted by Crippen LogP contribution is -2.03. The van der Waals surface area contributed by atoms with Gasteiger partial charge >= 0.3 is 6.61 Å². The smallest absolute Gasteiger partial charge is 0.387 e. The van der Waals surface area contributed by atoms with E-state index >= 15 is 0 Å². The number of benzene rings is 1. The Balaban J connectivity index is 3.11. The topological polar surface area (TPSA) is 59.0 Å². The monoisotopic (exact) mass is 262 g/mol. The van der Waals surface area contributed by atoms with E-state index in [1.165, 1.54) is 6.07 Å². The van der Waals surface area contributed by atoms with Crippen molar-refractivity contribution in [1.29, 1.82) is 5.26 Å². The summed E-state index contributed by atoms with van der Waals surface area (Å²) >= 11 is 3.03. The molecule has 14 heavy (non-hydrogen) atoms. The first-order valence-corrected chi connectivity index (χ1v) is 4.28. The Morgan fingerprint density at radius 2 is 2.14 bits per heavy atom. The third kappa shape index (κ3) is 2.33. The van der Waals surface area contributed by atoms with Crippen LogP contribution in [-0.2, 0) is 0 Å². The summed E-state index contributed by atoms with van der Waals surface area (Å²) < 4.78 is 28.1. The Hall–Kier alpha value is -1.35. The molecular weight excluding hydrogens is 258 g/mol. The van der Waals surface area contributed by atoms with E-state index in [4.69, 9.17) is 11.0 Å². The number of nitriles is 1. The molecule has 1 aromatic rings. The van der Waals surface area contributed by atoms with Crippen LogP contribution in [0.15, 0.2) is 16.6 Å². The molecule has 2 N–H and O–H groups in total. The van der Waals surface area contributed by atoms with E-state index in [9.17, 15) is 8.78 Å². The first-order valence-electron chi connectivity index (χ1n) is 3.48. The van der Waals surface area contributed by atoms with Crippen LogP contribution in [0.3, 0.4) is 0 Å². The normalized spacial score (nSPS) is 9.93. The number of alkyl halides is 2. The number of anilines is 1. The minimum atomic E-state index is -2.92. The van der Waals surface area contributed by atoms with E-state index < -0.39 is 6.61 Å². The van der Waals surface area contributed by atoms with Gasteiger partial charge in [0.2, 0.25) is 0 Å². The highest BCUT2D eigenvalue weighted by Gasteiger charge is 2.10. The summed E-state index contributed by atoms with van der Waals surface area (Å²) in [5, 5.41) is 8.61. The zero-order chi connectivity index (χ0) is 10.7. The third-order valence-electron chi connectivity index (χ3n) is 1.45. The maximum atomic E-state index is 11.8. The standard InChI is InChI=1S/C8H5BrF2N2O/c9-6-2-5(14-8(10)11)1-4(3-12)7(6)13/h1-2,8H,13H2. The number of rotatable bonds is 2. The molecule has 1 rings (SSSR count). The summed E-state index contributed by atoms with van der Waals surface area (Å²) in [5.74, 6) is -0.0994. The molecule has 0 amide bonds. The van der Waals surface area contributed by atoms with E-state index in [0.717, 1.165) is 6.07 Å². The van der Waals surface area contributed by atoms with Crippen molar-refractivity contribution < 1.29 is 13.5 Å². The van der Waals surface area contributed by atoms with Gasteiger partial charge in [-0.2, -0.15) is 14.0 Å². The van der Waals surface area contributed by atoms with Crippen LogP contribution in [0.25, 0.3) is 0 Å². The molecule has 3 nitrogen and oxygen atoms in total. The van der Waals surface area contributed by atoms with Crippen LogP contribution in [0.2, 0.25) is 0 Å². The minimum Gasteiger partial charge on any atom is -0.435 e. The van der Waals surface area contributed by atoms with E-state index in [-0.39, 0.29) is 17.0 Å². The predicted octanol–water partition coefficient (Wildman–Crippen LogP) is 2.50. The Morgan fingerprint density at radius 1 is 1.50 bits per heavy atom. The van der Waals surface area contributed by atoms with Gasteiger partial charge in [0, 0.05) is 10.5 Å². The number of hydrogen-bond acceptors (Lipinski definition) is 3. The molecule has 0 spiro atoms. The molecule has 0 saturated heterocycles. The first-order chi connectivity index (χ1) is 6.54. The predicted molar refractivity (Wildman–Crippen MR) is 49.9 cm³/mol. The van der Waals surface area contributed by atoms with Crippen molar-refractivity contribution in [2.45, 2.75) is 6.61 Å². The number of hydrogen-bond donors (Lipinski definition) is 1. The quantitative estimate of drug-likeness (QED) is 0.834. The molecular formula is C8H5BrF2N2O. The number of nitrogens with zero attached hydrogens (tertiary/aromatic N) is 1. The Kier molecular flexibility index (Phi) is 3.25. The average molecular weight is 263 g/mol. The second-order valence-electron chi connectivity index (χ2n) is 2.36. The van der Waals surface area contributed by atoms with Crippen molar-refractivity contribution in [1.82, 2.24) is 0 Å². The molecule has 0 fully saturated rings. The Labute approximate surface area is 87.2 Å². The zero-order valence-electron chi connectivity index (χ0n) is 6.80. The third-order valence-corrected chi connectivity index (χ3v) is 2.10. The SMILES string of the molecule is N#Cc1cc(OC(F)F)cc(Br)c1N. The second-order valence-corrected chi connectivity index (χ2v) is 3.21. The number of ether oxygens (including phenoxy) is 1. The molecule has 0 unspecified atom stereocenters. The molecule has 0 bridgehead atoms. The van der Waals surface area contributed by atoms with Crippen molar-refractivity contribution in [3.63, 3.8) is 0 Å². The fraction of sp³-hybridized carbons (Fsp3) is 0.125. The lowest BCUT2D eigenvalue weighted by molar-refractivity contribution is -0.0498. The Bertz CT molecular complexity index is 390. The molecule has 0 saturated carbocycles. The molecule has 0 heterocycles. The van der Waals surface area contributed by atoms with Gasteiger partial charge in [0.1, 0.15) is 11.8 Å². The molecule has 0 aromatic heterocycles. The van der Waals surface area contributed by atoms with Crippen molar-refractivity contribution in [2.75, 3.05) is 5.73 Å². The van der Waals surface area contributed by atoms with E-state index in [1.807, 2.05) is 0 Å². The van der Waals surface area contributed by atoms with Crippen LogP contribution in [0.1, 0.15) is 5.56 Å². The number of nitrogens with two attached hydrogens (primary N) is 1. The van der Waals surface area contributed by atoms with E-state index in [0.29, 0.717) is 4.47 Å². The average Bonchev–Trinajstić information content (AvgIpc) is 2.10. The summed E-state index contributed by atoms with van der Waals surface area (Å²) in [5.41, 5.74) is 5.78. The van der Waals surface area contributed by atoms with Gasteiger partial charge in [-0.15, -0.1) is 0 Å². The lowest BCUT2D eigenvalue weighted by atomic mass is 10.2. The maximum absolute atomic E-state index is 11.8. The highest BCUT2D eigenvalue weighted by atomic mass is 79.9. The van der Waals surface area contributed by atoms with E-state index in [2.05, 4.69) is 20.7 Å². The van der Waals surface area contributed by atoms with Crippen molar-refractivity contribution >= 4 is 21.6 Å². The van der Waals surface area contributed by atoms with Gasteiger partial charge in [-0.1, -0.05) is 0 Å². The molecule has 74 valence electrons. The second kappa shape index (κ2) is 4.24. The first kappa shape index (κ1) is 10.7. The van der Waals surface area contributed by atoms with Crippen LogP contribution in [0, 0.1) is 11.3 Å². The fourth-order valence-corrected chi connectivity index (χ4v) is 1.30. The van der Waals surface area contributed by atoms with Crippen LogP contribution >= 0.6 is 15.9 Å². The van der Waals surface area contributed by atoms with E-state index in [1.54, 1.807) is 6.07 Å². The van der Waals surface area contributed by atoms with Crippen molar-refractivity contribution in [2.24, 2.45) is 0 Å². The highest BCUT2D eigenvalue weighted by molar-refractivity contribution is 9.10. The van der Waals surface area contributed by atoms with Gasteiger partial charge in [-0.05, 0) is 22.0 Å². The van der Waals surface area contributed by atoms with Crippen molar-refractivity contribution in [3.8, 4) is 11.8 Å². The van der Waals surface area contributed by atoms with Crippen molar-refractivity contribution in [3.05, 3.63) is 22.2 Å². The molecule has 0 aliphatic rings. The molecule has 0 aliphatic carbocycles. The fourth-order valence-electron chi connectivity index (χ4n) is 0.856. The highest BCUT2D eigenvalue weighted by Crippen LogP contribution is 2.29. The molecule has 0 atom stereocenters. The van der Waals surface area contributed by atoms with Crippen LogP contribution in [0.4, 0.5) is 14.5 Å². The zero-order valence-corrected chi connectivity index (χ0v) is 8.38. The van der Waals surface area contributed by atoms with Gasteiger partial charge in [-0.25, -0.2) is 0 Å². The largest absolute Gasteiger partial charge is 0.435 e. The summed E-state index contributed by atoms with van der Waals surface area (Å²) in [6.07, 6.45) is 0. The number of nitrogen functional groups attached to an aromatic ring is 1. The van der Waals surface area contributed by atoms with Crippen LogP contribution in [0.5, 0.6) is 5.75 Å². The summed E-state index contributed by atoms with van der Waals surface area (Å²) in [4.78, 5) is 0. The van der Waals surface area contributed by atoms with Gasteiger partial charge in [0.15, 0.2) is 0 Å². The Morgan fingerprint density at radius 3 is 2.64 bits per heavy atom. The minimum absolute atomic E-state index is 0.0926. The van der Waals surface area contributed by atoms with Gasteiger partial charge in [-0.3, -0.25) is 0 Å². The summed E-state index contributed by atoms with van der Waals surface area (Å²) in [6, 6.07) is 4.21. The van der Waals surface area contributed by atoms with Gasteiger partial charge in [0.05, 0.1) is 11.3 Å². The van der Waals surface area contributed by atoms with Gasteiger partial charge in [0.25, 0.3) is 0 Å². The summed E-state index contributed by atoms with van der Waals surface area (Å²) in [7, 11) is 0. The van der Waals surface area contributed by atoms with Crippen LogP contribution in [-0.4, -0.2) is 6.61 Å². The molecule has 1 aromatic carbocycles. The number of halogens is 3. The molecule has 0 aliphatic heterocycles. The van der Waals surface area contributed by atoms with Crippen LogP contribution < -0.4 is 10.5 Å². The lowest BCUT2D eigenvalue weighted by Gasteiger charge is -2.07. The van der Waals surface area contributed by atoms with Gasteiger partial charge < -0.3 is 10.5 Å². The summed E-state index contributed by atoms with van der Waals surface area (Å²) in [6.45, 7) is -2.92. The molecule has 0 radical (unpaired) electrons. The molecule has 6 heteroatoms.